The summed E-state index contributed by atoms with van der Waals surface area (Å²) < 4.78 is 30.5. The van der Waals surface area contributed by atoms with E-state index in [1.807, 2.05) is 0 Å². The molecule has 5 heterocycles. The van der Waals surface area contributed by atoms with E-state index in [-0.39, 0.29) is 11.2 Å². The average molecular weight is 581 g/mol. The molecule has 0 radical (unpaired) electrons. The van der Waals surface area contributed by atoms with Crippen molar-refractivity contribution in [2.24, 2.45) is 0 Å². The molecule has 208 valence electrons. The highest BCUT2D eigenvalue weighted by Crippen LogP contribution is 2.38. The topological polar surface area (TPSA) is 338 Å². The number of hydrogen-bond acceptors (Lipinski definition) is 13. The van der Waals surface area contributed by atoms with Gasteiger partial charge in [0.1, 0.15) is 30.2 Å². The largest absolute Gasteiger partial charge is 0.469 e. The molecule has 11 N–H and O–H groups in total. The molecule has 23 heteroatoms. The van der Waals surface area contributed by atoms with Crippen LogP contribution in [0.2, 0.25) is 0 Å². The second-order valence-electron chi connectivity index (χ2n) is 7.26. The van der Waals surface area contributed by atoms with Crippen molar-refractivity contribution >= 4 is 43.8 Å². The van der Waals surface area contributed by atoms with Crippen LogP contribution in [0.25, 0.3) is 22.3 Å². The molecule has 4 aromatic rings. The average Bonchev–Trinajstić information content (AvgIpc) is 3.51. The fourth-order valence-electron chi connectivity index (χ4n) is 3.10. The Hall–Kier alpha value is -3.20. The van der Waals surface area contributed by atoms with Crippen molar-refractivity contribution in [3.8, 4) is 0 Å². The number of nitrogens with zero attached hydrogens (tertiary/aromatic N) is 6. The number of nitrogens with one attached hydrogen (secondary N) is 2. The minimum Gasteiger partial charge on any atom is -0.387 e. The molecule has 1 aliphatic heterocycles. The predicted molar refractivity (Wildman–Crippen MR) is 122 cm³/mol. The van der Waals surface area contributed by atoms with Crippen LogP contribution in [0, 0.1) is 0 Å². The van der Waals surface area contributed by atoms with Crippen LogP contribution in [-0.2, 0) is 18.4 Å². The molecular formula is C15H21N9O12P2. The van der Waals surface area contributed by atoms with Gasteiger partial charge in [-0.1, -0.05) is 0 Å². The van der Waals surface area contributed by atoms with Crippen LogP contribution in [0.4, 0.5) is 5.82 Å². The lowest BCUT2D eigenvalue weighted by atomic mass is 10.1. The Morgan fingerprint density at radius 2 is 1.66 bits per heavy atom. The van der Waals surface area contributed by atoms with E-state index in [2.05, 4.69) is 39.4 Å². The number of aromatic nitrogens is 8. The maximum atomic E-state index is 11.6. The van der Waals surface area contributed by atoms with Gasteiger partial charge in [0, 0.05) is 0 Å². The molecule has 0 aliphatic carbocycles. The number of H-pyrrole nitrogens is 2. The summed E-state index contributed by atoms with van der Waals surface area (Å²) in [5.41, 5.74) is 6.44. The second kappa shape index (κ2) is 11.7. The van der Waals surface area contributed by atoms with E-state index in [1.54, 1.807) is 0 Å². The number of ether oxygens (including phenoxy) is 1. The van der Waals surface area contributed by atoms with Gasteiger partial charge < -0.3 is 55.1 Å². The molecule has 0 unspecified atom stereocenters. The molecular weight excluding hydrogens is 560 g/mol. The molecule has 0 saturated carbocycles. The van der Waals surface area contributed by atoms with Gasteiger partial charge in [0.15, 0.2) is 28.9 Å². The summed E-state index contributed by atoms with van der Waals surface area (Å²) in [4.78, 5) is 75.0. The molecule has 4 aromatic heterocycles. The van der Waals surface area contributed by atoms with Gasteiger partial charge in [0.2, 0.25) is 0 Å². The third-order valence-electron chi connectivity index (χ3n) is 4.64. The van der Waals surface area contributed by atoms with Gasteiger partial charge >= 0.3 is 15.6 Å². The van der Waals surface area contributed by atoms with Crippen LogP contribution < -0.4 is 11.3 Å². The smallest absolute Gasteiger partial charge is 0.387 e. The third kappa shape index (κ3) is 7.66. The molecule has 4 atom stereocenters. The standard InChI is InChI=1S/C10H13N4O8P.C5H5N5.H3O4P/c15-6-4(1-21-23(18,19)20)22-10(7(6)16)14-3-13-5-8(14)11-2-12-9(5)17;6-4-3-5(9-1-7-3)10-2-8-4;1-5(2,3)4/h2-4,6-7,10,15-16H,1H2,(H,11,12,17)(H2,18,19,20);1-2H,(H3,6,7,8,9,10);(H3,1,2,3,4)/t4-,6-,7-,10-;;/m1../s1. The Kier molecular flexibility index (Phi) is 9.02. The lowest BCUT2D eigenvalue weighted by molar-refractivity contribution is -0.0504. The normalized spacial score (nSPS) is 21.6. The van der Waals surface area contributed by atoms with Crippen LogP contribution in [0.5, 0.6) is 0 Å². The van der Waals surface area contributed by atoms with Crippen LogP contribution in [-0.4, -0.2) is 99.1 Å². The number of rotatable bonds is 4. The van der Waals surface area contributed by atoms with Gasteiger partial charge in [0.25, 0.3) is 5.56 Å². The summed E-state index contributed by atoms with van der Waals surface area (Å²) >= 11 is 0. The van der Waals surface area contributed by atoms with Crippen molar-refractivity contribution in [3.63, 3.8) is 0 Å². The molecule has 0 aromatic carbocycles. The first kappa shape index (κ1) is 29.4. The maximum absolute atomic E-state index is 11.6. The monoisotopic (exact) mass is 581 g/mol. The Morgan fingerprint density at radius 1 is 1.00 bits per heavy atom. The highest BCUT2D eigenvalue weighted by atomic mass is 31.2. The van der Waals surface area contributed by atoms with Crippen molar-refractivity contribution < 1.29 is 53.1 Å². The lowest BCUT2D eigenvalue weighted by Gasteiger charge is -2.16. The van der Waals surface area contributed by atoms with E-state index in [1.165, 1.54) is 23.5 Å². The van der Waals surface area contributed by atoms with E-state index >= 15 is 0 Å². The number of nitrogens with two attached hydrogens (primary N) is 1. The fourth-order valence-corrected chi connectivity index (χ4v) is 3.44. The first-order valence-electron chi connectivity index (χ1n) is 9.95. The second-order valence-corrected chi connectivity index (χ2v) is 9.53. The molecule has 0 bridgehead atoms. The number of aliphatic hydroxyl groups is 2. The highest BCUT2D eigenvalue weighted by Gasteiger charge is 2.45. The minimum absolute atomic E-state index is 0.0210. The Labute approximate surface area is 209 Å². The lowest BCUT2D eigenvalue weighted by Crippen LogP contribution is -2.33. The Bertz CT molecular complexity index is 1520. The molecule has 38 heavy (non-hydrogen) atoms. The molecule has 0 amide bonds. The summed E-state index contributed by atoms with van der Waals surface area (Å²) in [6.45, 7) is -0.625. The van der Waals surface area contributed by atoms with E-state index < -0.39 is 52.4 Å². The van der Waals surface area contributed by atoms with Crippen molar-refractivity contribution in [2.45, 2.75) is 24.5 Å². The molecule has 1 saturated heterocycles. The third-order valence-corrected chi connectivity index (χ3v) is 5.12. The van der Waals surface area contributed by atoms with Crippen molar-refractivity contribution in [1.29, 1.82) is 0 Å². The molecule has 21 nitrogen and oxygen atoms in total. The number of aliphatic hydroxyl groups excluding tert-OH is 2. The van der Waals surface area contributed by atoms with E-state index in [9.17, 15) is 19.6 Å². The number of aromatic amines is 2. The van der Waals surface area contributed by atoms with Gasteiger partial charge in [-0.2, -0.15) is 0 Å². The fraction of sp³-hybridized carbons (Fsp3) is 0.333. The molecule has 5 rings (SSSR count). The van der Waals surface area contributed by atoms with E-state index in [4.69, 9.17) is 39.5 Å². The van der Waals surface area contributed by atoms with Gasteiger partial charge in [0.05, 0.1) is 25.6 Å². The summed E-state index contributed by atoms with van der Waals surface area (Å²) in [5, 5.41) is 20.0. The Morgan fingerprint density at radius 3 is 2.29 bits per heavy atom. The van der Waals surface area contributed by atoms with Crippen LogP contribution in [0.3, 0.4) is 0 Å². The van der Waals surface area contributed by atoms with Crippen LogP contribution in [0.15, 0.2) is 30.1 Å². The number of fused-ring (bicyclic) bond motifs is 2. The highest BCUT2D eigenvalue weighted by molar-refractivity contribution is 7.46. The van der Waals surface area contributed by atoms with Crippen LogP contribution in [0.1, 0.15) is 6.23 Å². The summed E-state index contributed by atoms with van der Waals surface area (Å²) in [7, 11) is -9.38. The Balaban J connectivity index is 0.000000218. The van der Waals surface area contributed by atoms with Crippen molar-refractivity contribution in [2.75, 3.05) is 12.3 Å². The summed E-state index contributed by atoms with van der Waals surface area (Å²) in [6, 6.07) is 0. The van der Waals surface area contributed by atoms with Crippen molar-refractivity contribution in [1.82, 2.24) is 39.5 Å². The maximum Gasteiger partial charge on any atom is 0.469 e. The van der Waals surface area contributed by atoms with E-state index in [0.717, 1.165) is 6.33 Å². The zero-order valence-electron chi connectivity index (χ0n) is 18.7. The first-order chi connectivity index (χ1) is 17.7. The van der Waals surface area contributed by atoms with Gasteiger partial charge in [-0.3, -0.25) is 13.9 Å². The van der Waals surface area contributed by atoms with Gasteiger partial charge in [-0.15, -0.1) is 0 Å². The quantitative estimate of drug-likeness (QED) is 0.106. The molecule has 0 spiro atoms. The zero-order valence-corrected chi connectivity index (χ0v) is 20.4. The van der Waals surface area contributed by atoms with Crippen molar-refractivity contribution in [3.05, 3.63) is 35.7 Å². The van der Waals surface area contributed by atoms with Crippen LogP contribution >= 0.6 is 15.6 Å². The van der Waals surface area contributed by atoms with Gasteiger partial charge in [-0.05, 0) is 0 Å². The number of hydrogen-bond donors (Lipinski definition) is 10. The van der Waals surface area contributed by atoms with E-state index in [0.29, 0.717) is 17.0 Å². The number of anilines is 1. The number of phosphoric acid groups is 2. The molecule has 1 fully saturated rings. The molecule has 1 aliphatic rings. The predicted octanol–water partition coefficient (Wildman–Crippen LogP) is -3.15. The number of nitrogen functional groups attached to an aromatic ring is 1. The minimum atomic E-state index is -4.74. The van der Waals surface area contributed by atoms with Gasteiger partial charge in [-0.25, -0.2) is 34.0 Å². The number of phosphoric ester groups is 1. The zero-order chi connectivity index (χ0) is 28.3. The number of imidazole rings is 2. The SMILES string of the molecule is Nc1ncnc2nc[nH]c12.O=P(O)(O)O.O=c1[nH]cnc2c1ncn2[C@@H]1O[C@H](COP(=O)(O)O)[C@@H](O)[C@H]1O. The first-order valence-corrected chi connectivity index (χ1v) is 13.0. The summed E-state index contributed by atoms with van der Waals surface area (Å²) in [6.07, 6.45) is 0.0738. The summed E-state index contributed by atoms with van der Waals surface area (Å²) in [5.74, 6) is 0.433.